The summed E-state index contributed by atoms with van der Waals surface area (Å²) < 4.78 is 7.19. The van der Waals surface area contributed by atoms with Crippen molar-refractivity contribution in [2.75, 3.05) is 6.61 Å². The SMILES string of the molecule is CCOC(=O)C(N)Cc1c(C)n(C)c2c(C)cc(C)cc12. The zero-order valence-corrected chi connectivity index (χ0v) is 13.5. The summed E-state index contributed by atoms with van der Waals surface area (Å²) in [6.45, 7) is 8.43. The van der Waals surface area contributed by atoms with E-state index in [0.29, 0.717) is 13.0 Å². The number of carbonyl (C=O) groups excluding carboxylic acids is 1. The minimum Gasteiger partial charge on any atom is -0.465 e. The fourth-order valence-electron chi connectivity index (χ4n) is 3.01. The van der Waals surface area contributed by atoms with E-state index in [9.17, 15) is 4.79 Å². The first-order valence-electron chi connectivity index (χ1n) is 7.34. The Morgan fingerprint density at radius 2 is 2.00 bits per heavy atom. The average Bonchev–Trinajstić information content (AvgIpc) is 2.64. The van der Waals surface area contributed by atoms with Gasteiger partial charge in [-0.1, -0.05) is 11.6 Å². The van der Waals surface area contributed by atoms with Crippen molar-refractivity contribution in [2.24, 2.45) is 12.8 Å². The number of hydrogen-bond acceptors (Lipinski definition) is 3. The number of ether oxygens (including phenoxy) is 1. The normalized spacial score (nSPS) is 12.7. The Hall–Kier alpha value is -1.81. The number of carbonyl (C=O) groups is 1. The van der Waals surface area contributed by atoms with Gasteiger partial charge in [-0.25, -0.2) is 0 Å². The van der Waals surface area contributed by atoms with Gasteiger partial charge in [0.2, 0.25) is 0 Å². The molecule has 21 heavy (non-hydrogen) atoms. The molecule has 1 aromatic heterocycles. The summed E-state index contributed by atoms with van der Waals surface area (Å²) in [5, 5.41) is 1.19. The van der Waals surface area contributed by atoms with Gasteiger partial charge in [-0.15, -0.1) is 0 Å². The number of aryl methyl sites for hydroxylation is 3. The van der Waals surface area contributed by atoms with Crippen LogP contribution in [-0.4, -0.2) is 23.2 Å². The number of nitrogens with zero attached hydrogens (tertiary/aromatic N) is 1. The number of aromatic nitrogens is 1. The predicted octanol–water partition coefficient (Wildman–Crippen LogP) is 2.54. The second kappa shape index (κ2) is 5.90. The highest BCUT2D eigenvalue weighted by molar-refractivity contribution is 5.89. The van der Waals surface area contributed by atoms with Crippen LogP contribution in [0.25, 0.3) is 10.9 Å². The molecule has 1 aromatic carbocycles. The maximum atomic E-state index is 11.8. The van der Waals surface area contributed by atoms with E-state index < -0.39 is 6.04 Å². The number of fused-ring (bicyclic) bond motifs is 1. The van der Waals surface area contributed by atoms with Gasteiger partial charge in [0.1, 0.15) is 6.04 Å². The van der Waals surface area contributed by atoms with Crippen LogP contribution in [0.4, 0.5) is 0 Å². The Labute approximate surface area is 125 Å². The molecule has 4 nitrogen and oxygen atoms in total. The van der Waals surface area contributed by atoms with Crippen molar-refractivity contribution in [3.05, 3.63) is 34.5 Å². The Kier molecular flexibility index (Phi) is 4.37. The Bertz CT molecular complexity index is 686. The molecule has 0 aliphatic heterocycles. The van der Waals surface area contributed by atoms with Gasteiger partial charge < -0.3 is 15.0 Å². The van der Waals surface area contributed by atoms with Gasteiger partial charge >= 0.3 is 5.97 Å². The van der Waals surface area contributed by atoms with Crippen LogP contribution in [0.3, 0.4) is 0 Å². The first-order valence-corrected chi connectivity index (χ1v) is 7.34. The van der Waals surface area contributed by atoms with Crippen molar-refractivity contribution < 1.29 is 9.53 Å². The molecule has 0 aliphatic carbocycles. The Balaban J connectivity index is 2.49. The molecule has 0 amide bonds. The van der Waals surface area contributed by atoms with Crippen molar-refractivity contribution in [2.45, 2.75) is 40.2 Å². The number of hydrogen-bond donors (Lipinski definition) is 1. The quantitative estimate of drug-likeness (QED) is 0.880. The summed E-state index contributed by atoms with van der Waals surface area (Å²) in [4.78, 5) is 11.8. The molecule has 0 radical (unpaired) electrons. The van der Waals surface area contributed by atoms with Crippen LogP contribution < -0.4 is 5.73 Å². The highest BCUT2D eigenvalue weighted by Crippen LogP contribution is 2.29. The molecule has 4 heteroatoms. The fourth-order valence-corrected chi connectivity index (χ4v) is 3.01. The topological polar surface area (TPSA) is 57.2 Å². The van der Waals surface area contributed by atoms with Crippen molar-refractivity contribution in [1.29, 1.82) is 0 Å². The van der Waals surface area contributed by atoms with Crippen LogP contribution in [-0.2, 0) is 23.0 Å². The molecule has 1 unspecified atom stereocenters. The van der Waals surface area contributed by atoms with Crippen molar-refractivity contribution in [1.82, 2.24) is 4.57 Å². The summed E-state index contributed by atoms with van der Waals surface area (Å²) in [6, 6.07) is 3.73. The summed E-state index contributed by atoms with van der Waals surface area (Å²) in [5.41, 5.74) is 12.0. The van der Waals surface area contributed by atoms with Gasteiger partial charge in [0.05, 0.1) is 12.1 Å². The zero-order valence-electron chi connectivity index (χ0n) is 13.5. The maximum absolute atomic E-state index is 11.8. The van der Waals surface area contributed by atoms with Crippen LogP contribution in [0.2, 0.25) is 0 Å². The third-order valence-electron chi connectivity index (χ3n) is 4.06. The van der Waals surface area contributed by atoms with Gasteiger partial charge in [-0.3, -0.25) is 4.79 Å². The minimum atomic E-state index is -0.616. The lowest BCUT2D eigenvalue weighted by molar-refractivity contribution is -0.144. The summed E-state index contributed by atoms with van der Waals surface area (Å²) in [5.74, 6) is -0.335. The molecule has 0 fully saturated rings. The second-order valence-corrected chi connectivity index (χ2v) is 5.66. The summed E-state index contributed by atoms with van der Waals surface area (Å²) >= 11 is 0. The van der Waals surface area contributed by atoms with Crippen LogP contribution in [0.1, 0.15) is 29.3 Å². The lowest BCUT2D eigenvalue weighted by atomic mass is 10.0. The standard InChI is InChI=1S/C17H24N2O2/c1-6-21-17(20)15(18)9-13-12(4)19(5)16-11(3)7-10(2)8-14(13)16/h7-8,15H,6,9,18H2,1-5H3. The second-order valence-electron chi connectivity index (χ2n) is 5.66. The third-order valence-corrected chi connectivity index (χ3v) is 4.06. The van der Waals surface area contributed by atoms with Crippen molar-refractivity contribution >= 4 is 16.9 Å². The van der Waals surface area contributed by atoms with Crippen molar-refractivity contribution in [3.63, 3.8) is 0 Å². The van der Waals surface area contributed by atoms with Gasteiger partial charge in [0.25, 0.3) is 0 Å². The zero-order chi connectivity index (χ0) is 15.7. The monoisotopic (exact) mass is 288 g/mol. The molecule has 2 rings (SSSR count). The molecule has 1 atom stereocenters. The first-order chi connectivity index (χ1) is 9.86. The van der Waals surface area contributed by atoms with Gasteiger partial charge in [0.15, 0.2) is 0 Å². The number of nitrogens with two attached hydrogens (primary N) is 1. The highest BCUT2D eigenvalue weighted by atomic mass is 16.5. The smallest absolute Gasteiger partial charge is 0.323 e. The van der Waals surface area contributed by atoms with E-state index >= 15 is 0 Å². The van der Waals surface area contributed by atoms with Crippen LogP contribution in [0.5, 0.6) is 0 Å². The Morgan fingerprint density at radius 1 is 1.33 bits per heavy atom. The minimum absolute atomic E-state index is 0.335. The largest absolute Gasteiger partial charge is 0.465 e. The molecule has 0 saturated heterocycles. The molecule has 0 bridgehead atoms. The molecule has 1 heterocycles. The van der Waals surface area contributed by atoms with Crippen LogP contribution in [0.15, 0.2) is 12.1 Å². The lowest BCUT2D eigenvalue weighted by Crippen LogP contribution is -2.34. The lowest BCUT2D eigenvalue weighted by Gasteiger charge is -2.11. The molecule has 2 aromatic rings. The summed E-state index contributed by atoms with van der Waals surface area (Å²) in [7, 11) is 2.05. The average molecular weight is 288 g/mol. The van der Waals surface area contributed by atoms with Gasteiger partial charge in [-0.05, 0) is 44.9 Å². The third kappa shape index (κ3) is 2.81. The van der Waals surface area contributed by atoms with Crippen LogP contribution >= 0.6 is 0 Å². The van der Waals surface area contributed by atoms with E-state index in [-0.39, 0.29) is 5.97 Å². The number of rotatable bonds is 4. The molecular formula is C17H24N2O2. The van der Waals surface area contributed by atoms with E-state index in [1.54, 1.807) is 6.92 Å². The number of benzene rings is 1. The van der Waals surface area contributed by atoms with E-state index in [1.165, 1.54) is 22.0 Å². The van der Waals surface area contributed by atoms with E-state index in [0.717, 1.165) is 11.3 Å². The van der Waals surface area contributed by atoms with Gasteiger partial charge in [0, 0.05) is 24.5 Å². The molecule has 0 aliphatic rings. The molecule has 2 N–H and O–H groups in total. The number of esters is 1. The highest BCUT2D eigenvalue weighted by Gasteiger charge is 2.21. The van der Waals surface area contributed by atoms with Crippen LogP contribution in [0, 0.1) is 20.8 Å². The molecule has 114 valence electrons. The molecule has 0 spiro atoms. The van der Waals surface area contributed by atoms with E-state index in [1.807, 2.05) is 0 Å². The molecule has 0 saturated carbocycles. The van der Waals surface area contributed by atoms with Crippen molar-refractivity contribution in [3.8, 4) is 0 Å². The Morgan fingerprint density at radius 3 is 2.62 bits per heavy atom. The maximum Gasteiger partial charge on any atom is 0.323 e. The predicted molar refractivity (Wildman–Crippen MR) is 85.4 cm³/mol. The van der Waals surface area contributed by atoms with E-state index in [2.05, 4.69) is 44.5 Å². The van der Waals surface area contributed by atoms with E-state index in [4.69, 9.17) is 10.5 Å². The van der Waals surface area contributed by atoms with Gasteiger partial charge in [-0.2, -0.15) is 0 Å². The fraction of sp³-hybridized carbons (Fsp3) is 0.471. The first kappa shape index (κ1) is 15.6. The summed E-state index contributed by atoms with van der Waals surface area (Å²) in [6.07, 6.45) is 0.505. The molecular weight excluding hydrogens is 264 g/mol.